The largest absolute Gasteiger partial charge is 0.304 e. The summed E-state index contributed by atoms with van der Waals surface area (Å²) in [6.07, 6.45) is 1.13. The van der Waals surface area contributed by atoms with Crippen LogP contribution in [0.2, 0.25) is 0 Å². The molecule has 2 nitrogen and oxygen atoms in total. The van der Waals surface area contributed by atoms with E-state index in [9.17, 15) is 0 Å². The zero-order valence-corrected chi connectivity index (χ0v) is 10.7. The molecule has 1 atom stereocenters. The molecule has 1 heterocycles. The third kappa shape index (κ3) is 3.00. The summed E-state index contributed by atoms with van der Waals surface area (Å²) in [6, 6.07) is 11.3. The van der Waals surface area contributed by atoms with E-state index in [1.807, 2.05) is 0 Å². The molecule has 0 amide bonds. The topological polar surface area (TPSA) is 6.48 Å². The van der Waals surface area contributed by atoms with Crippen molar-refractivity contribution >= 4 is 12.6 Å². The Kier molecular flexibility index (Phi) is 4.27. The van der Waals surface area contributed by atoms with Crippen LogP contribution in [0, 0.1) is 0 Å². The molecule has 1 unspecified atom stereocenters. The molecule has 0 radical (unpaired) electrons. The second kappa shape index (κ2) is 5.71. The molecule has 0 spiro atoms. The average molecular weight is 236 g/mol. The van der Waals surface area contributed by atoms with Gasteiger partial charge in [0.15, 0.2) is 0 Å². The molecule has 1 aromatic carbocycles. The summed E-state index contributed by atoms with van der Waals surface area (Å²) in [7, 11) is 2.20. The fourth-order valence-corrected chi connectivity index (χ4v) is 2.69. The van der Waals surface area contributed by atoms with Crippen LogP contribution >= 0.6 is 12.6 Å². The average Bonchev–Trinajstić information content (AvgIpc) is 2.31. The first-order valence-corrected chi connectivity index (χ1v) is 6.50. The summed E-state index contributed by atoms with van der Waals surface area (Å²) < 4.78 is 0. The van der Waals surface area contributed by atoms with Gasteiger partial charge in [-0.15, -0.1) is 0 Å². The van der Waals surface area contributed by atoms with E-state index in [2.05, 4.69) is 59.8 Å². The molecule has 0 N–H and O–H groups in total. The van der Waals surface area contributed by atoms with Crippen molar-refractivity contribution in [2.45, 2.75) is 12.5 Å². The summed E-state index contributed by atoms with van der Waals surface area (Å²) >= 11 is 4.43. The molecule has 0 aromatic heterocycles. The third-order valence-electron chi connectivity index (χ3n) is 3.30. The van der Waals surface area contributed by atoms with Gasteiger partial charge in [-0.1, -0.05) is 30.3 Å². The van der Waals surface area contributed by atoms with E-state index in [1.54, 1.807) is 0 Å². The maximum atomic E-state index is 4.43. The summed E-state index contributed by atoms with van der Waals surface area (Å²) in [5, 5.41) is 0. The lowest BCUT2D eigenvalue weighted by Gasteiger charge is -2.39. The minimum absolute atomic E-state index is 0.610. The highest BCUT2D eigenvalue weighted by Gasteiger charge is 2.23. The lowest BCUT2D eigenvalue weighted by atomic mass is 10.0. The summed E-state index contributed by atoms with van der Waals surface area (Å²) in [4.78, 5) is 4.88. The predicted molar refractivity (Wildman–Crippen MR) is 72.0 cm³/mol. The van der Waals surface area contributed by atoms with E-state index in [1.165, 1.54) is 5.56 Å². The number of piperazine rings is 1. The minimum Gasteiger partial charge on any atom is -0.304 e. The van der Waals surface area contributed by atoms with Gasteiger partial charge >= 0.3 is 0 Å². The normalized spacial score (nSPS) is 23.5. The van der Waals surface area contributed by atoms with Crippen LogP contribution in [0.3, 0.4) is 0 Å². The van der Waals surface area contributed by atoms with Gasteiger partial charge < -0.3 is 4.90 Å². The lowest BCUT2D eigenvalue weighted by molar-refractivity contribution is 0.109. The summed E-state index contributed by atoms with van der Waals surface area (Å²) in [5.74, 6) is 0.866. The Morgan fingerprint density at radius 1 is 1.25 bits per heavy atom. The minimum atomic E-state index is 0.610. The smallest absolute Gasteiger partial charge is 0.0418 e. The molecule has 3 heteroatoms. The lowest BCUT2D eigenvalue weighted by Crippen LogP contribution is -2.52. The highest BCUT2D eigenvalue weighted by Crippen LogP contribution is 2.14. The molecular formula is C13H20N2S. The van der Waals surface area contributed by atoms with Crippen molar-refractivity contribution in [2.24, 2.45) is 0 Å². The van der Waals surface area contributed by atoms with Crippen LogP contribution in [0.1, 0.15) is 5.56 Å². The van der Waals surface area contributed by atoms with Gasteiger partial charge in [-0.25, -0.2) is 0 Å². The van der Waals surface area contributed by atoms with Crippen molar-refractivity contribution in [3.05, 3.63) is 35.9 Å². The van der Waals surface area contributed by atoms with Crippen LogP contribution in [0.4, 0.5) is 0 Å². The fourth-order valence-electron chi connectivity index (χ4n) is 2.31. The van der Waals surface area contributed by atoms with E-state index < -0.39 is 0 Å². The Balaban J connectivity index is 2.01. The summed E-state index contributed by atoms with van der Waals surface area (Å²) in [6.45, 7) is 3.44. The van der Waals surface area contributed by atoms with Gasteiger partial charge in [0.1, 0.15) is 0 Å². The molecule has 1 aromatic rings. The Morgan fingerprint density at radius 3 is 2.69 bits per heavy atom. The third-order valence-corrected chi connectivity index (χ3v) is 3.67. The maximum absolute atomic E-state index is 4.43. The molecule has 0 saturated carbocycles. The van der Waals surface area contributed by atoms with E-state index in [4.69, 9.17) is 0 Å². The van der Waals surface area contributed by atoms with Crippen molar-refractivity contribution in [3.63, 3.8) is 0 Å². The van der Waals surface area contributed by atoms with Gasteiger partial charge in [-0.3, -0.25) is 4.90 Å². The number of thiol groups is 1. The van der Waals surface area contributed by atoms with Crippen molar-refractivity contribution in [3.8, 4) is 0 Å². The number of nitrogens with zero attached hydrogens (tertiary/aromatic N) is 2. The van der Waals surface area contributed by atoms with E-state index in [0.29, 0.717) is 6.04 Å². The van der Waals surface area contributed by atoms with Crippen LogP contribution in [-0.2, 0) is 6.42 Å². The van der Waals surface area contributed by atoms with Crippen LogP contribution in [0.5, 0.6) is 0 Å². The molecule has 1 aliphatic rings. The van der Waals surface area contributed by atoms with Gasteiger partial charge in [0.05, 0.1) is 0 Å². The van der Waals surface area contributed by atoms with E-state index in [0.717, 1.165) is 31.9 Å². The first-order chi connectivity index (χ1) is 7.79. The van der Waals surface area contributed by atoms with E-state index in [-0.39, 0.29) is 0 Å². The SMILES string of the molecule is CN1CCN(CS)C(Cc2ccccc2)C1. The molecule has 0 aliphatic carbocycles. The fraction of sp³-hybridized carbons (Fsp3) is 0.538. The van der Waals surface area contributed by atoms with Crippen molar-refractivity contribution in [1.82, 2.24) is 9.80 Å². The zero-order valence-electron chi connectivity index (χ0n) is 9.84. The first kappa shape index (κ1) is 12.0. The Morgan fingerprint density at radius 2 is 2.00 bits per heavy atom. The van der Waals surface area contributed by atoms with E-state index >= 15 is 0 Å². The standard InChI is InChI=1S/C13H20N2S/c1-14-7-8-15(11-16)13(10-14)9-12-5-3-2-4-6-12/h2-6,13,16H,7-11H2,1H3. The molecular weight excluding hydrogens is 216 g/mol. The highest BCUT2D eigenvalue weighted by molar-refractivity contribution is 7.80. The van der Waals surface area contributed by atoms with Gasteiger partial charge in [-0.05, 0) is 19.0 Å². The number of benzene rings is 1. The number of hydrogen-bond donors (Lipinski definition) is 1. The molecule has 88 valence electrons. The molecule has 2 rings (SSSR count). The number of rotatable bonds is 3. The number of hydrogen-bond acceptors (Lipinski definition) is 3. The second-order valence-corrected chi connectivity index (χ2v) is 4.84. The molecule has 0 bridgehead atoms. The van der Waals surface area contributed by atoms with Gasteiger partial charge in [0.25, 0.3) is 0 Å². The Hall–Kier alpha value is -0.510. The van der Waals surface area contributed by atoms with Crippen LogP contribution < -0.4 is 0 Å². The molecule has 1 aliphatic heterocycles. The van der Waals surface area contributed by atoms with Crippen molar-refractivity contribution in [2.75, 3.05) is 32.6 Å². The quantitative estimate of drug-likeness (QED) is 0.799. The van der Waals surface area contributed by atoms with Crippen LogP contribution in [0.15, 0.2) is 30.3 Å². The van der Waals surface area contributed by atoms with Crippen LogP contribution in [0.25, 0.3) is 0 Å². The highest BCUT2D eigenvalue weighted by atomic mass is 32.1. The second-order valence-electron chi connectivity index (χ2n) is 4.56. The van der Waals surface area contributed by atoms with Crippen LogP contribution in [-0.4, -0.2) is 48.4 Å². The van der Waals surface area contributed by atoms with Crippen molar-refractivity contribution in [1.29, 1.82) is 0 Å². The monoisotopic (exact) mass is 236 g/mol. The van der Waals surface area contributed by atoms with Gasteiger partial charge in [0.2, 0.25) is 0 Å². The molecule has 1 fully saturated rings. The first-order valence-electron chi connectivity index (χ1n) is 5.87. The van der Waals surface area contributed by atoms with Gasteiger partial charge in [0, 0.05) is 31.6 Å². The molecule has 16 heavy (non-hydrogen) atoms. The Bertz CT molecular complexity index is 315. The molecule has 1 saturated heterocycles. The summed E-state index contributed by atoms with van der Waals surface area (Å²) in [5.41, 5.74) is 1.43. The number of likely N-dealkylation sites (N-methyl/N-ethyl adjacent to an activating group) is 1. The zero-order chi connectivity index (χ0) is 11.4. The predicted octanol–water partition coefficient (Wildman–Crippen LogP) is 1.73. The Labute approximate surface area is 104 Å². The van der Waals surface area contributed by atoms with Crippen molar-refractivity contribution < 1.29 is 0 Å². The van der Waals surface area contributed by atoms with Gasteiger partial charge in [-0.2, -0.15) is 12.6 Å². The maximum Gasteiger partial charge on any atom is 0.0418 e.